The fourth-order valence-electron chi connectivity index (χ4n) is 1.67. The third-order valence-corrected chi connectivity index (χ3v) is 3.99. The molecule has 0 aliphatic heterocycles. The first kappa shape index (κ1) is 18.2. The predicted octanol–water partition coefficient (Wildman–Crippen LogP) is 1.62. The third-order valence-electron chi connectivity index (χ3n) is 2.63. The van der Waals surface area contributed by atoms with Crippen molar-refractivity contribution < 1.29 is 17.9 Å². The van der Waals surface area contributed by atoms with Crippen LogP contribution in [-0.4, -0.2) is 34.4 Å². The minimum absolute atomic E-state index is 0.0942. The number of halogens is 1. The van der Waals surface area contributed by atoms with E-state index in [-0.39, 0.29) is 5.75 Å². The number of rotatable bonds is 9. The van der Waals surface area contributed by atoms with Crippen LogP contribution < -0.4 is 19.9 Å². The molecule has 0 heterocycles. The van der Waals surface area contributed by atoms with E-state index in [1.165, 1.54) is 0 Å². The van der Waals surface area contributed by atoms with E-state index in [1.807, 2.05) is 19.1 Å². The van der Waals surface area contributed by atoms with E-state index < -0.39 is 10.0 Å². The second-order valence-corrected chi connectivity index (χ2v) is 7.09. The average Bonchev–Trinajstić information content (AvgIpc) is 2.41. The van der Waals surface area contributed by atoms with Gasteiger partial charge < -0.3 is 14.8 Å². The van der Waals surface area contributed by atoms with Gasteiger partial charge in [-0.2, -0.15) is 0 Å². The molecule has 0 fully saturated rings. The van der Waals surface area contributed by atoms with Crippen LogP contribution in [0.1, 0.15) is 18.9 Å². The zero-order chi connectivity index (χ0) is 15.9. The Morgan fingerprint density at radius 2 is 2.10 bits per heavy atom. The van der Waals surface area contributed by atoms with Crippen molar-refractivity contribution in [1.29, 1.82) is 0 Å². The first-order chi connectivity index (χ1) is 9.87. The van der Waals surface area contributed by atoms with Gasteiger partial charge in [0.15, 0.2) is 11.5 Å². The van der Waals surface area contributed by atoms with Crippen molar-refractivity contribution in [2.45, 2.75) is 19.9 Å². The summed E-state index contributed by atoms with van der Waals surface area (Å²) in [6, 6.07) is 3.77. The lowest BCUT2D eigenvalue weighted by Crippen LogP contribution is -2.26. The number of nitrogens with two attached hydrogens (primary N) is 1. The molecule has 0 aliphatic rings. The highest BCUT2D eigenvalue weighted by molar-refractivity contribution is 9.10. The quantitative estimate of drug-likeness (QED) is 0.635. The second kappa shape index (κ2) is 8.57. The Morgan fingerprint density at radius 1 is 1.38 bits per heavy atom. The standard InChI is InChI=1S/C13H21BrN2O4S/c1-3-5-20-13-11(14)7-10(8-12(13)19-2)9-16-4-6-21(15,17)18/h7-8,16H,3-6,9H2,1-2H3,(H2,15,17,18). The van der Waals surface area contributed by atoms with Crippen molar-refractivity contribution in [2.24, 2.45) is 5.14 Å². The molecule has 0 aromatic heterocycles. The zero-order valence-electron chi connectivity index (χ0n) is 12.2. The van der Waals surface area contributed by atoms with Crippen molar-refractivity contribution in [1.82, 2.24) is 5.32 Å². The van der Waals surface area contributed by atoms with E-state index in [0.29, 0.717) is 31.2 Å². The number of benzene rings is 1. The molecule has 120 valence electrons. The van der Waals surface area contributed by atoms with Crippen LogP contribution in [0.5, 0.6) is 11.5 Å². The van der Waals surface area contributed by atoms with Gasteiger partial charge in [0.2, 0.25) is 10.0 Å². The lowest BCUT2D eigenvalue weighted by Gasteiger charge is -2.14. The predicted molar refractivity (Wildman–Crippen MR) is 86.2 cm³/mol. The summed E-state index contributed by atoms with van der Waals surface area (Å²) in [5, 5.41) is 7.96. The van der Waals surface area contributed by atoms with Gasteiger partial charge in [-0.05, 0) is 40.0 Å². The Bertz CT molecular complexity index is 564. The third kappa shape index (κ3) is 6.64. The molecule has 1 rings (SSSR count). The lowest BCUT2D eigenvalue weighted by atomic mass is 10.2. The maximum absolute atomic E-state index is 10.8. The molecule has 1 aromatic rings. The molecular weight excluding hydrogens is 360 g/mol. The van der Waals surface area contributed by atoms with Crippen molar-refractivity contribution in [3.05, 3.63) is 22.2 Å². The van der Waals surface area contributed by atoms with Gasteiger partial charge in [0.1, 0.15) is 0 Å². The van der Waals surface area contributed by atoms with E-state index in [1.54, 1.807) is 7.11 Å². The van der Waals surface area contributed by atoms with Gasteiger partial charge in [-0.3, -0.25) is 0 Å². The smallest absolute Gasteiger partial charge is 0.210 e. The second-order valence-electron chi connectivity index (χ2n) is 4.50. The molecule has 0 radical (unpaired) electrons. The SMILES string of the molecule is CCCOc1c(Br)cc(CNCCS(N)(=O)=O)cc1OC. The monoisotopic (exact) mass is 380 g/mol. The topological polar surface area (TPSA) is 90.6 Å². The molecule has 0 amide bonds. The molecule has 0 aliphatic carbocycles. The minimum atomic E-state index is -3.43. The summed E-state index contributed by atoms with van der Waals surface area (Å²) in [7, 11) is -1.85. The largest absolute Gasteiger partial charge is 0.493 e. The van der Waals surface area contributed by atoms with E-state index in [9.17, 15) is 8.42 Å². The van der Waals surface area contributed by atoms with Crippen molar-refractivity contribution in [2.75, 3.05) is 26.0 Å². The van der Waals surface area contributed by atoms with E-state index >= 15 is 0 Å². The maximum Gasteiger partial charge on any atom is 0.210 e. The highest BCUT2D eigenvalue weighted by atomic mass is 79.9. The molecule has 0 saturated carbocycles. The Hall–Kier alpha value is -0.830. The fraction of sp³-hybridized carbons (Fsp3) is 0.538. The Balaban J connectivity index is 2.70. The number of hydrogen-bond acceptors (Lipinski definition) is 5. The number of ether oxygens (including phenoxy) is 2. The van der Waals surface area contributed by atoms with Gasteiger partial charge in [-0.25, -0.2) is 13.6 Å². The molecule has 8 heteroatoms. The highest BCUT2D eigenvalue weighted by Crippen LogP contribution is 2.36. The fourth-order valence-corrected chi connectivity index (χ4v) is 2.70. The van der Waals surface area contributed by atoms with Crippen LogP contribution in [-0.2, 0) is 16.6 Å². The Labute approximate surface area is 134 Å². The molecular formula is C13H21BrN2O4S. The highest BCUT2D eigenvalue weighted by Gasteiger charge is 2.11. The summed E-state index contributed by atoms with van der Waals surface area (Å²) in [6.07, 6.45) is 0.909. The van der Waals surface area contributed by atoms with Crippen molar-refractivity contribution >= 4 is 26.0 Å². The van der Waals surface area contributed by atoms with Crippen LogP contribution in [0.4, 0.5) is 0 Å². The van der Waals surface area contributed by atoms with Crippen LogP contribution >= 0.6 is 15.9 Å². The summed E-state index contributed by atoms with van der Waals surface area (Å²) in [5.74, 6) is 1.22. The Kier molecular flexibility index (Phi) is 7.44. The lowest BCUT2D eigenvalue weighted by molar-refractivity contribution is 0.292. The summed E-state index contributed by atoms with van der Waals surface area (Å²) in [6.45, 7) is 3.45. The summed E-state index contributed by atoms with van der Waals surface area (Å²) < 4.78 is 33.4. The molecule has 1 aromatic carbocycles. The van der Waals surface area contributed by atoms with Crippen LogP contribution in [0.3, 0.4) is 0 Å². The van der Waals surface area contributed by atoms with Crippen LogP contribution in [0, 0.1) is 0 Å². The number of primary sulfonamides is 1. The molecule has 0 bridgehead atoms. The maximum atomic E-state index is 10.8. The van der Waals surface area contributed by atoms with E-state index in [0.717, 1.165) is 16.5 Å². The zero-order valence-corrected chi connectivity index (χ0v) is 14.6. The molecule has 6 nitrogen and oxygen atoms in total. The number of methoxy groups -OCH3 is 1. The number of nitrogens with one attached hydrogen (secondary N) is 1. The first-order valence-corrected chi connectivity index (χ1v) is 9.08. The minimum Gasteiger partial charge on any atom is -0.493 e. The molecule has 0 atom stereocenters. The normalized spacial score (nSPS) is 11.4. The van der Waals surface area contributed by atoms with Gasteiger partial charge in [0.25, 0.3) is 0 Å². The average molecular weight is 381 g/mol. The van der Waals surface area contributed by atoms with Crippen LogP contribution in [0.2, 0.25) is 0 Å². The van der Waals surface area contributed by atoms with Crippen molar-refractivity contribution in [3.8, 4) is 11.5 Å². The summed E-state index contributed by atoms with van der Waals surface area (Å²) in [5.41, 5.74) is 0.956. The van der Waals surface area contributed by atoms with E-state index in [4.69, 9.17) is 14.6 Å². The molecule has 0 spiro atoms. The van der Waals surface area contributed by atoms with Gasteiger partial charge in [0, 0.05) is 13.1 Å². The van der Waals surface area contributed by atoms with Gasteiger partial charge >= 0.3 is 0 Å². The van der Waals surface area contributed by atoms with Gasteiger partial charge in [-0.15, -0.1) is 0 Å². The first-order valence-electron chi connectivity index (χ1n) is 6.57. The number of hydrogen-bond donors (Lipinski definition) is 2. The number of sulfonamides is 1. The van der Waals surface area contributed by atoms with Gasteiger partial charge in [0.05, 0.1) is 23.9 Å². The van der Waals surface area contributed by atoms with Crippen LogP contribution in [0.25, 0.3) is 0 Å². The van der Waals surface area contributed by atoms with Crippen molar-refractivity contribution in [3.63, 3.8) is 0 Å². The Morgan fingerprint density at radius 3 is 2.67 bits per heavy atom. The molecule has 0 unspecified atom stereocenters. The summed E-state index contributed by atoms with van der Waals surface area (Å²) >= 11 is 3.46. The molecule has 3 N–H and O–H groups in total. The summed E-state index contributed by atoms with van der Waals surface area (Å²) in [4.78, 5) is 0. The van der Waals surface area contributed by atoms with Gasteiger partial charge in [-0.1, -0.05) is 6.92 Å². The van der Waals surface area contributed by atoms with Crippen LogP contribution in [0.15, 0.2) is 16.6 Å². The molecule has 21 heavy (non-hydrogen) atoms. The molecule has 0 saturated heterocycles. The van der Waals surface area contributed by atoms with E-state index in [2.05, 4.69) is 21.2 Å².